The smallest absolute Gasteiger partial charge is 0.207 e. The highest BCUT2D eigenvalue weighted by atomic mass is 79.9. The quantitative estimate of drug-likeness (QED) is 0.279. The van der Waals surface area contributed by atoms with Crippen molar-refractivity contribution >= 4 is 52.4 Å². The van der Waals surface area contributed by atoms with Gasteiger partial charge in [0.15, 0.2) is 0 Å². The minimum atomic E-state index is -5.15. The molecule has 0 radical (unpaired) electrons. The standard InChI is InChI=1S/C17H16BrFN6O6S3/c1-23(2)34(30,31)24-12-20-17(22-24)33(28,29)25(21-11-13-5-3-4-6-16(13)18)32(26,27)15-9-7-14(19)8-10-15/h3-12H,1-2H3/b21-11+. The third-order valence-corrected chi connectivity index (χ3v) is 10.1. The number of benzene rings is 2. The van der Waals surface area contributed by atoms with Crippen LogP contribution in [0.1, 0.15) is 5.56 Å². The third kappa shape index (κ3) is 5.02. The molecule has 3 rings (SSSR count). The Bertz CT molecular complexity index is 1550. The van der Waals surface area contributed by atoms with Gasteiger partial charge in [0.05, 0.1) is 11.1 Å². The number of hydrazone groups is 1. The number of halogens is 2. The maximum absolute atomic E-state index is 13.3. The zero-order chi connectivity index (χ0) is 25.3. The van der Waals surface area contributed by atoms with Crippen LogP contribution in [-0.4, -0.2) is 67.9 Å². The van der Waals surface area contributed by atoms with Gasteiger partial charge in [-0.05, 0) is 30.3 Å². The van der Waals surface area contributed by atoms with Crippen LogP contribution in [0.4, 0.5) is 4.39 Å². The van der Waals surface area contributed by atoms with Crippen molar-refractivity contribution in [2.24, 2.45) is 5.10 Å². The third-order valence-electron chi connectivity index (χ3n) is 4.10. The Morgan fingerprint density at radius 2 is 1.59 bits per heavy atom. The molecule has 0 saturated heterocycles. The van der Waals surface area contributed by atoms with Crippen LogP contribution in [0.3, 0.4) is 0 Å². The summed E-state index contributed by atoms with van der Waals surface area (Å²) in [6.45, 7) is 0. The van der Waals surface area contributed by atoms with Crippen molar-refractivity contribution in [2.45, 2.75) is 10.1 Å². The molecule has 0 saturated carbocycles. The van der Waals surface area contributed by atoms with E-state index in [0.717, 1.165) is 34.8 Å². The van der Waals surface area contributed by atoms with Gasteiger partial charge in [-0.15, -0.1) is 9.19 Å². The van der Waals surface area contributed by atoms with E-state index >= 15 is 0 Å². The molecule has 34 heavy (non-hydrogen) atoms. The monoisotopic (exact) mass is 594 g/mol. The van der Waals surface area contributed by atoms with Crippen LogP contribution < -0.4 is 0 Å². The Hall–Kier alpha value is -2.73. The van der Waals surface area contributed by atoms with E-state index < -0.39 is 46.1 Å². The van der Waals surface area contributed by atoms with Gasteiger partial charge in [-0.1, -0.05) is 37.9 Å². The molecule has 1 heterocycles. The maximum atomic E-state index is 13.3. The van der Waals surface area contributed by atoms with Crippen molar-refractivity contribution in [3.05, 3.63) is 70.7 Å². The maximum Gasteiger partial charge on any atom is 0.330 e. The Morgan fingerprint density at radius 3 is 2.18 bits per heavy atom. The molecule has 0 aliphatic rings. The van der Waals surface area contributed by atoms with Crippen molar-refractivity contribution < 1.29 is 29.6 Å². The molecule has 0 spiro atoms. The fourth-order valence-corrected chi connectivity index (χ4v) is 6.47. The Kier molecular flexibility index (Phi) is 7.23. The summed E-state index contributed by atoms with van der Waals surface area (Å²) in [5.74, 6) is -0.751. The van der Waals surface area contributed by atoms with Gasteiger partial charge in [-0.25, -0.2) is 9.37 Å². The van der Waals surface area contributed by atoms with Gasteiger partial charge in [-0.2, -0.15) is 34.7 Å². The number of sulfonamides is 2. The summed E-state index contributed by atoms with van der Waals surface area (Å²) in [4.78, 5) is 2.86. The first kappa shape index (κ1) is 25.9. The highest BCUT2D eigenvalue weighted by molar-refractivity contribution is 9.10. The molecule has 0 fully saturated rings. The molecule has 17 heteroatoms. The van der Waals surface area contributed by atoms with Crippen LogP contribution in [0, 0.1) is 5.82 Å². The number of hydrogen-bond acceptors (Lipinski definition) is 9. The van der Waals surface area contributed by atoms with E-state index in [-0.39, 0.29) is 7.91 Å². The first-order valence-electron chi connectivity index (χ1n) is 8.97. The predicted molar refractivity (Wildman–Crippen MR) is 122 cm³/mol. The Labute approximate surface area is 203 Å². The van der Waals surface area contributed by atoms with Crippen LogP contribution in [-0.2, 0) is 30.3 Å². The largest absolute Gasteiger partial charge is 0.330 e. The lowest BCUT2D eigenvalue weighted by Gasteiger charge is -2.17. The number of hydrogen-bond donors (Lipinski definition) is 0. The molecule has 0 aliphatic carbocycles. The van der Waals surface area contributed by atoms with Crippen LogP contribution in [0.5, 0.6) is 0 Å². The second-order valence-electron chi connectivity index (χ2n) is 6.60. The Balaban J connectivity index is 2.18. The summed E-state index contributed by atoms with van der Waals surface area (Å²) < 4.78 is 91.9. The molecule has 0 atom stereocenters. The van der Waals surface area contributed by atoms with E-state index in [2.05, 4.69) is 31.1 Å². The predicted octanol–water partition coefficient (Wildman–Crippen LogP) is 1.25. The van der Waals surface area contributed by atoms with Crippen LogP contribution in [0.25, 0.3) is 0 Å². The fraction of sp³-hybridized carbons (Fsp3) is 0.118. The van der Waals surface area contributed by atoms with E-state index in [1.54, 1.807) is 18.2 Å². The first-order valence-corrected chi connectivity index (χ1v) is 14.0. The first-order chi connectivity index (χ1) is 15.8. The second-order valence-corrected chi connectivity index (χ2v) is 13.1. The van der Waals surface area contributed by atoms with E-state index in [9.17, 15) is 29.6 Å². The molecule has 0 bridgehead atoms. The Morgan fingerprint density at radius 1 is 0.971 bits per heavy atom. The molecule has 3 aromatic rings. The normalized spacial score (nSPS) is 13.0. The average molecular weight is 595 g/mol. The second kappa shape index (κ2) is 9.49. The highest BCUT2D eigenvalue weighted by Gasteiger charge is 2.39. The molecule has 2 aromatic carbocycles. The number of rotatable bonds is 8. The molecular formula is C17H16BrFN6O6S3. The van der Waals surface area contributed by atoms with Crippen LogP contribution in [0.2, 0.25) is 0 Å². The topological polar surface area (TPSA) is 152 Å². The summed E-state index contributed by atoms with van der Waals surface area (Å²) >= 11 is 3.23. The highest BCUT2D eigenvalue weighted by Crippen LogP contribution is 2.24. The summed E-state index contributed by atoms with van der Waals surface area (Å²) in [7, 11) is -12.0. The minimum Gasteiger partial charge on any atom is -0.207 e. The zero-order valence-electron chi connectivity index (χ0n) is 17.4. The summed E-state index contributed by atoms with van der Waals surface area (Å²) in [6, 6.07) is 9.77. The molecule has 1 aromatic heterocycles. The zero-order valence-corrected chi connectivity index (χ0v) is 21.4. The van der Waals surface area contributed by atoms with Gasteiger partial charge in [0.25, 0.3) is 15.2 Å². The van der Waals surface area contributed by atoms with Crippen molar-refractivity contribution in [2.75, 3.05) is 14.1 Å². The van der Waals surface area contributed by atoms with Crippen LogP contribution in [0.15, 0.2) is 74.5 Å². The van der Waals surface area contributed by atoms with Crippen molar-refractivity contribution in [3.8, 4) is 0 Å². The van der Waals surface area contributed by atoms with E-state index in [0.29, 0.717) is 16.4 Å². The van der Waals surface area contributed by atoms with Crippen LogP contribution >= 0.6 is 15.9 Å². The van der Waals surface area contributed by atoms with Gasteiger partial charge in [-0.3, -0.25) is 0 Å². The summed E-state index contributed by atoms with van der Waals surface area (Å²) in [5, 5.41) is 5.92. The van der Waals surface area contributed by atoms with E-state index in [4.69, 9.17) is 0 Å². The average Bonchev–Trinajstić information content (AvgIpc) is 3.27. The van der Waals surface area contributed by atoms with Gasteiger partial charge >= 0.3 is 20.2 Å². The van der Waals surface area contributed by atoms with Crippen molar-refractivity contribution in [3.63, 3.8) is 0 Å². The molecule has 0 aliphatic heterocycles. The van der Waals surface area contributed by atoms with Gasteiger partial charge in [0.1, 0.15) is 12.1 Å². The summed E-state index contributed by atoms with van der Waals surface area (Å²) in [5.41, 5.74) is 0.325. The lowest BCUT2D eigenvalue weighted by molar-refractivity contribution is 0.497. The van der Waals surface area contributed by atoms with Gasteiger partial charge < -0.3 is 0 Å². The molecule has 0 unspecified atom stereocenters. The van der Waals surface area contributed by atoms with Gasteiger partial charge in [0.2, 0.25) is 0 Å². The van der Waals surface area contributed by atoms with Crippen molar-refractivity contribution in [1.29, 1.82) is 0 Å². The molecule has 0 N–H and O–H groups in total. The van der Waals surface area contributed by atoms with Crippen molar-refractivity contribution in [1.82, 2.24) is 22.3 Å². The fourth-order valence-electron chi connectivity index (χ4n) is 2.34. The molecule has 182 valence electrons. The molecular weight excluding hydrogens is 579 g/mol. The van der Waals surface area contributed by atoms with E-state index in [1.807, 2.05) is 0 Å². The lowest BCUT2D eigenvalue weighted by Crippen LogP contribution is -2.34. The minimum absolute atomic E-state index is 0.255. The molecule has 0 amide bonds. The van der Waals surface area contributed by atoms with Gasteiger partial charge in [0, 0.05) is 24.1 Å². The van der Waals surface area contributed by atoms with E-state index in [1.165, 1.54) is 20.2 Å². The lowest BCUT2D eigenvalue weighted by atomic mass is 10.2. The SMILES string of the molecule is CN(C)S(=O)(=O)n1cnc(S(=O)(=O)N(/N=C/c2ccccc2Br)S(=O)(=O)c2ccc(F)cc2)n1. The number of aromatic nitrogens is 3. The number of nitrogens with zero attached hydrogens (tertiary/aromatic N) is 6. The summed E-state index contributed by atoms with van der Waals surface area (Å²) in [6.07, 6.45) is 1.55. The molecule has 12 nitrogen and oxygen atoms in total.